The third-order valence-corrected chi connectivity index (χ3v) is 4.11. The molecule has 1 aromatic heterocycles. The van der Waals surface area contributed by atoms with E-state index in [4.69, 9.17) is 5.11 Å². The highest BCUT2D eigenvalue weighted by Gasteiger charge is 2.28. The van der Waals surface area contributed by atoms with E-state index in [0.717, 1.165) is 38.9 Å². The van der Waals surface area contributed by atoms with E-state index in [0.29, 0.717) is 16.1 Å². The number of rotatable bonds is 6. The van der Waals surface area contributed by atoms with E-state index in [1.807, 2.05) is 4.90 Å². The number of aliphatic hydroxyl groups excluding tert-OH is 1. The Bertz CT molecular complexity index is 424. The Labute approximate surface area is 116 Å². The Hall–Kier alpha value is -1.21. The van der Waals surface area contributed by atoms with Gasteiger partial charge >= 0.3 is 0 Å². The number of amides is 1. The number of nitrogens with zero attached hydrogens (tertiary/aromatic N) is 3. The van der Waals surface area contributed by atoms with Crippen molar-refractivity contribution >= 4 is 22.4 Å². The summed E-state index contributed by atoms with van der Waals surface area (Å²) >= 11 is 1.31. The lowest BCUT2D eigenvalue weighted by molar-refractivity contribution is 0.0783. The molecule has 0 aliphatic carbocycles. The number of aliphatic hydroxyl groups is 1. The summed E-state index contributed by atoms with van der Waals surface area (Å²) in [5.41, 5.74) is 0. The van der Waals surface area contributed by atoms with E-state index in [1.54, 1.807) is 0 Å². The van der Waals surface area contributed by atoms with E-state index in [-0.39, 0.29) is 12.5 Å². The van der Waals surface area contributed by atoms with Gasteiger partial charge in [-0.25, -0.2) is 0 Å². The van der Waals surface area contributed by atoms with Crippen LogP contribution < -0.4 is 5.32 Å². The molecule has 1 unspecified atom stereocenters. The van der Waals surface area contributed by atoms with Crippen molar-refractivity contribution in [2.24, 2.45) is 5.92 Å². The van der Waals surface area contributed by atoms with Crippen molar-refractivity contribution in [3.8, 4) is 0 Å². The second-order valence-corrected chi connectivity index (χ2v) is 5.73. The van der Waals surface area contributed by atoms with Crippen LogP contribution in [0.2, 0.25) is 0 Å². The van der Waals surface area contributed by atoms with E-state index < -0.39 is 0 Å². The molecule has 1 aromatic rings. The topological polar surface area (TPSA) is 78.4 Å². The predicted octanol–water partition coefficient (Wildman–Crippen LogP) is 1.20. The highest BCUT2D eigenvalue weighted by Crippen LogP contribution is 2.23. The van der Waals surface area contributed by atoms with Gasteiger partial charge in [0, 0.05) is 26.2 Å². The zero-order chi connectivity index (χ0) is 13.7. The molecule has 0 radical (unpaired) electrons. The molecule has 1 atom stereocenters. The maximum atomic E-state index is 12.2. The van der Waals surface area contributed by atoms with Crippen molar-refractivity contribution in [2.45, 2.75) is 26.2 Å². The summed E-state index contributed by atoms with van der Waals surface area (Å²) in [6.07, 6.45) is 2.74. The summed E-state index contributed by atoms with van der Waals surface area (Å²) in [6, 6.07) is 0. The second kappa shape index (κ2) is 6.81. The van der Waals surface area contributed by atoms with Crippen LogP contribution in [0.1, 0.15) is 36.0 Å². The van der Waals surface area contributed by atoms with Crippen LogP contribution in [0.25, 0.3) is 0 Å². The highest BCUT2D eigenvalue weighted by atomic mass is 32.1. The molecule has 1 amide bonds. The summed E-state index contributed by atoms with van der Waals surface area (Å²) in [5, 5.41) is 21.1. The molecule has 2 N–H and O–H groups in total. The average molecular weight is 284 g/mol. The Morgan fingerprint density at radius 2 is 2.42 bits per heavy atom. The lowest BCUT2D eigenvalue weighted by Gasteiger charge is -2.14. The standard InChI is InChI=1S/C12H20N4O2S/c1-2-5-13-12-15-14-10(19-12)11(18)16-6-3-9(8-16)4-7-17/h9,17H,2-8H2,1H3,(H,13,15). The zero-order valence-corrected chi connectivity index (χ0v) is 11.9. The monoisotopic (exact) mass is 284 g/mol. The third kappa shape index (κ3) is 3.63. The van der Waals surface area contributed by atoms with Gasteiger partial charge in [0.1, 0.15) is 0 Å². The molecule has 0 bridgehead atoms. The van der Waals surface area contributed by atoms with Gasteiger partial charge in [-0.3, -0.25) is 4.79 Å². The van der Waals surface area contributed by atoms with E-state index in [2.05, 4.69) is 22.4 Å². The normalized spacial score (nSPS) is 18.8. The van der Waals surface area contributed by atoms with Gasteiger partial charge in [0.2, 0.25) is 10.1 Å². The number of hydrogen-bond donors (Lipinski definition) is 2. The number of carbonyl (C=O) groups is 1. The lowest BCUT2D eigenvalue weighted by Crippen LogP contribution is -2.28. The molecule has 1 aliphatic rings. The Morgan fingerprint density at radius 3 is 3.16 bits per heavy atom. The smallest absolute Gasteiger partial charge is 0.284 e. The summed E-state index contributed by atoms with van der Waals surface area (Å²) in [6.45, 7) is 4.57. The van der Waals surface area contributed by atoms with Crippen molar-refractivity contribution in [3.05, 3.63) is 5.01 Å². The molecule has 0 aromatic carbocycles. The molecule has 106 valence electrons. The fourth-order valence-corrected chi connectivity index (χ4v) is 2.92. The predicted molar refractivity (Wildman–Crippen MR) is 74.4 cm³/mol. The Balaban J connectivity index is 1.91. The van der Waals surface area contributed by atoms with E-state index in [9.17, 15) is 4.79 Å². The first kappa shape index (κ1) is 14.2. The fraction of sp³-hybridized carbons (Fsp3) is 0.750. The van der Waals surface area contributed by atoms with Gasteiger partial charge in [-0.2, -0.15) is 0 Å². The van der Waals surface area contributed by atoms with Gasteiger partial charge < -0.3 is 15.3 Å². The molecular formula is C12H20N4O2S. The summed E-state index contributed by atoms with van der Waals surface area (Å²) in [5.74, 6) is 0.377. The minimum Gasteiger partial charge on any atom is -0.396 e. The van der Waals surface area contributed by atoms with Crippen LogP contribution in [0.15, 0.2) is 0 Å². The molecule has 1 saturated heterocycles. The first-order valence-electron chi connectivity index (χ1n) is 6.72. The van der Waals surface area contributed by atoms with Crippen LogP contribution in [-0.2, 0) is 0 Å². The van der Waals surface area contributed by atoms with Gasteiger partial charge in [0.05, 0.1) is 0 Å². The molecule has 2 heterocycles. The molecule has 1 fully saturated rings. The van der Waals surface area contributed by atoms with Crippen LogP contribution in [-0.4, -0.2) is 52.4 Å². The molecule has 0 saturated carbocycles. The molecule has 7 heteroatoms. The second-order valence-electron chi connectivity index (χ2n) is 4.76. The number of hydrogen-bond acceptors (Lipinski definition) is 6. The van der Waals surface area contributed by atoms with Crippen molar-refractivity contribution < 1.29 is 9.90 Å². The van der Waals surface area contributed by atoms with Gasteiger partial charge in [0.25, 0.3) is 5.91 Å². The number of nitrogens with one attached hydrogen (secondary N) is 1. The van der Waals surface area contributed by atoms with Crippen LogP contribution in [0.4, 0.5) is 5.13 Å². The Kier molecular flexibility index (Phi) is 5.09. The molecule has 0 spiro atoms. The van der Waals surface area contributed by atoms with Gasteiger partial charge in [-0.1, -0.05) is 18.3 Å². The number of aromatic nitrogens is 2. The molecule has 19 heavy (non-hydrogen) atoms. The zero-order valence-electron chi connectivity index (χ0n) is 11.1. The summed E-state index contributed by atoms with van der Waals surface area (Å²) < 4.78 is 0. The quantitative estimate of drug-likeness (QED) is 0.821. The highest BCUT2D eigenvalue weighted by molar-refractivity contribution is 7.17. The minimum atomic E-state index is -0.0394. The third-order valence-electron chi connectivity index (χ3n) is 3.24. The van der Waals surface area contributed by atoms with Crippen LogP contribution in [0, 0.1) is 5.92 Å². The SMILES string of the molecule is CCCNc1nnc(C(=O)N2CCC(CCO)C2)s1. The maximum Gasteiger partial charge on any atom is 0.284 e. The average Bonchev–Trinajstić information content (AvgIpc) is 3.05. The minimum absolute atomic E-state index is 0.0394. The van der Waals surface area contributed by atoms with Gasteiger partial charge in [-0.15, -0.1) is 10.2 Å². The maximum absolute atomic E-state index is 12.2. The lowest BCUT2D eigenvalue weighted by atomic mass is 10.1. The fourth-order valence-electron chi connectivity index (χ4n) is 2.18. The van der Waals surface area contributed by atoms with Crippen molar-refractivity contribution in [3.63, 3.8) is 0 Å². The van der Waals surface area contributed by atoms with Crippen LogP contribution in [0.5, 0.6) is 0 Å². The van der Waals surface area contributed by atoms with Gasteiger partial charge in [0.15, 0.2) is 0 Å². The van der Waals surface area contributed by atoms with Crippen molar-refractivity contribution in [2.75, 3.05) is 31.6 Å². The van der Waals surface area contributed by atoms with E-state index in [1.165, 1.54) is 11.3 Å². The Morgan fingerprint density at radius 1 is 1.58 bits per heavy atom. The van der Waals surface area contributed by atoms with Crippen molar-refractivity contribution in [1.29, 1.82) is 0 Å². The van der Waals surface area contributed by atoms with Crippen LogP contribution in [0.3, 0.4) is 0 Å². The molecule has 1 aliphatic heterocycles. The summed E-state index contributed by atoms with van der Waals surface area (Å²) in [4.78, 5) is 14.0. The molecule has 6 nitrogen and oxygen atoms in total. The first-order chi connectivity index (χ1) is 9.24. The largest absolute Gasteiger partial charge is 0.396 e. The summed E-state index contributed by atoms with van der Waals surface area (Å²) in [7, 11) is 0. The first-order valence-corrected chi connectivity index (χ1v) is 7.53. The number of likely N-dealkylation sites (tertiary alicyclic amines) is 1. The number of carbonyl (C=O) groups excluding carboxylic acids is 1. The van der Waals surface area contributed by atoms with Crippen LogP contribution >= 0.6 is 11.3 Å². The van der Waals surface area contributed by atoms with Gasteiger partial charge in [-0.05, 0) is 25.2 Å². The van der Waals surface area contributed by atoms with Crippen molar-refractivity contribution in [1.82, 2.24) is 15.1 Å². The molecule has 2 rings (SSSR count). The number of anilines is 1. The molecular weight excluding hydrogens is 264 g/mol. The van der Waals surface area contributed by atoms with E-state index >= 15 is 0 Å².